The van der Waals surface area contributed by atoms with Crippen LogP contribution in [0.25, 0.3) is 0 Å². The Labute approximate surface area is 128 Å². The van der Waals surface area contributed by atoms with E-state index in [1.54, 1.807) is 0 Å². The lowest BCUT2D eigenvalue weighted by Gasteiger charge is -2.37. The molecule has 0 heterocycles. The molecular weight excluding hydrogens is 246 g/mol. The van der Waals surface area contributed by atoms with Crippen LogP contribution in [0.4, 0.5) is 0 Å². The van der Waals surface area contributed by atoms with E-state index < -0.39 is 0 Å². The Morgan fingerprint density at radius 2 is 0.900 bits per heavy atom. The Hall–Kier alpha value is -0.0800. The van der Waals surface area contributed by atoms with E-state index in [4.69, 9.17) is 0 Å². The Morgan fingerprint density at radius 1 is 0.550 bits per heavy atom. The van der Waals surface area contributed by atoms with Crippen molar-refractivity contribution in [1.29, 1.82) is 0 Å². The van der Waals surface area contributed by atoms with Gasteiger partial charge in [0.15, 0.2) is 6.73 Å². The summed E-state index contributed by atoms with van der Waals surface area (Å²) in [5.74, 6) is 0. The summed E-state index contributed by atoms with van der Waals surface area (Å²) in [6, 6.07) is 0. The van der Waals surface area contributed by atoms with Gasteiger partial charge in [-0.25, -0.2) is 0 Å². The quantitative estimate of drug-likeness (QED) is 0.252. The van der Waals surface area contributed by atoms with Gasteiger partial charge >= 0.3 is 0 Å². The van der Waals surface area contributed by atoms with Crippen LogP contribution >= 0.6 is 0 Å². The van der Waals surface area contributed by atoms with Crippen molar-refractivity contribution in [3.63, 3.8) is 0 Å². The number of hydrogen-bond donors (Lipinski definition) is 1. The Bertz CT molecular complexity index is 182. The van der Waals surface area contributed by atoms with E-state index in [1.165, 1.54) is 90.3 Å². The second kappa shape index (κ2) is 13.9. The summed E-state index contributed by atoms with van der Waals surface area (Å²) < 4.78 is 0.966. The zero-order chi connectivity index (χ0) is 15.1. The van der Waals surface area contributed by atoms with Crippen LogP contribution in [0, 0.1) is 0 Å². The molecule has 20 heavy (non-hydrogen) atoms. The molecule has 0 radical (unpaired) electrons. The van der Waals surface area contributed by atoms with Gasteiger partial charge in [-0.15, -0.1) is 0 Å². The van der Waals surface area contributed by atoms with Gasteiger partial charge in [-0.3, -0.25) is 0 Å². The fourth-order valence-corrected chi connectivity index (χ4v) is 2.99. The largest absolute Gasteiger partial charge is 0.347 e. The SMILES string of the molecule is CCCCCC[N+](CO)(CCCCC)CCCCCC. The van der Waals surface area contributed by atoms with Gasteiger partial charge in [0.05, 0.1) is 19.6 Å². The summed E-state index contributed by atoms with van der Waals surface area (Å²) in [4.78, 5) is 0. The standard InChI is InChI=1S/C18H40NO/c1-4-7-10-13-16-19(18-20,15-12-9-6-3)17-14-11-8-5-2/h20H,4-18H2,1-3H3/q+1. The minimum Gasteiger partial charge on any atom is -0.347 e. The number of nitrogens with zero attached hydrogens (tertiary/aromatic N) is 1. The maximum absolute atomic E-state index is 9.96. The van der Waals surface area contributed by atoms with E-state index in [1.807, 2.05) is 0 Å². The number of quaternary nitrogens is 1. The van der Waals surface area contributed by atoms with Crippen molar-refractivity contribution in [2.75, 3.05) is 26.4 Å². The van der Waals surface area contributed by atoms with Crippen LogP contribution in [0.1, 0.15) is 91.4 Å². The first-order valence-corrected chi connectivity index (χ1v) is 9.20. The van der Waals surface area contributed by atoms with Crippen molar-refractivity contribution < 1.29 is 9.59 Å². The van der Waals surface area contributed by atoms with Gasteiger partial charge in [0.25, 0.3) is 0 Å². The molecular formula is C18H40NO+. The fourth-order valence-electron chi connectivity index (χ4n) is 2.99. The molecule has 0 aromatic rings. The zero-order valence-corrected chi connectivity index (χ0v) is 14.5. The van der Waals surface area contributed by atoms with E-state index in [-0.39, 0.29) is 0 Å². The summed E-state index contributed by atoms with van der Waals surface area (Å²) in [7, 11) is 0. The third-order valence-electron chi connectivity index (χ3n) is 4.51. The van der Waals surface area contributed by atoms with Crippen LogP contribution in [0.2, 0.25) is 0 Å². The van der Waals surface area contributed by atoms with E-state index in [2.05, 4.69) is 20.8 Å². The zero-order valence-electron chi connectivity index (χ0n) is 14.5. The number of aliphatic hydroxyl groups excluding tert-OH is 1. The van der Waals surface area contributed by atoms with Crippen molar-refractivity contribution in [1.82, 2.24) is 0 Å². The summed E-state index contributed by atoms with van der Waals surface area (Å²) in [6.45, 7) is 10.7. The van der Waals surface area contributed by atoms with Crippen LogP contribution in [-0.4, -0.2) is 36.0 Å². The molecule has 0 saturated heterocycles. The molecule has 122 valence electrons. The minimum atomic E-state index is 0.349. The van der Waals surface area contributed by atoms with Crippen molar-refractivity contribution >= 4 is 0 Å². The Kier molecular flexibility index (Phi) is 13.8. The molecule has 0 rings (SSSR count). The predicted molar refractivity (Wildman–Crippen MR) is 89.8 cm³/mol. The van der Waals surface area contributed by atoms with Crippen LogP contribution < -0.4 is 0 Å². The first-order valence-electron chi connectivity index (χ1n) is 9.20. The number of aliphatic hydroxyl groups is 1. The third-order valence-corrected chi connectivity index (χ3v) is 4.51. The molecule has 0 amide bonds. The Morgan fingerprint density at radius 3 is 1.25 bits per heavy atom. The van der Waals surface area contributed by atoms with Crippen LogP contribution in [0.3, 0.4) is 0 Å². The lowest BCUT2D eigenvalue weighted by atomic mass is 10.1. The molecule has 0 bridgehead atoms. The first-order chi connectivity index (χ1) is 9.74. The molecule has 2 heteroatoms. The van der Waals surface area contributed by atoms with Crippen molar-refractivity contribution in [3.05, 3.63) is 0 Å². The molecule has 2 nitrogen and oxygen atoms in total. The maximum Gasteiger partial charge on any atom is 0.180 e. The van der Waals surface area contributed by atoms with Crippen molar-refractivity contribution in [2.45, 2.75) is 91.4 Å². The number of rotatable bonds is 15. The average Bonchev–Trinajstić information content (AvgIpc) is 2.47. The normalized spacial score (nSPS) is 12.0. The molecule has 0 aliphatic rings. The molecule has 1 N–H and O–H groups in total. The van der Waals surface area contributed by atoms with Gasteiger partial charge in [0.2, 0.25) is 0 Å². The molecule has 0 aliphatic heterocycles. The van der Waals surface area contributed by atoms with Crippen LogP contribution in [0.5, 0.6) is 0 Å². The molecule has 0 saturated carbocycles. The predicted octanol–water partition coefficient (Wildman–Crippen LogP) is 5.10. The summed E-state index contributed by atoms with van der Waals surface area (Å²) in [5, 5.41) is 9.96. The van der Waals surface area contributed by atoms with Gasteiger partial charge in [-0.1, -0.05) is 52.9 Å². The minimum absolute atomic E-state index is 0.349. The monoisotopic (exact) mass is 286 g/mol. The highest BCUT2D eigenvalue weighted by atomic mass is 16.3. The second-order valence-corrected chi connectivity index (χ2v) is 6.48. The smallest absolute Gasteiger partial charge is 0.180 e. The van der Waals surface area contributed by atoms with E-state index in [0.717, 1.165) is 4.48 Å². The topological polar surface area (TPSA) is 20.2 Å². The third kappa shape index (κ3) is 9.77. The molecule has 0 spiro atoms. The first kappa shape index (κ1) is 19.9. The summed E-state index contributed by atoms with van der Waals surface area (Å²) in [6.07, 6.45) is 14.4. The van der Waals surface area contributed by atoms with Gasteiger partial charge in [-0.05, 0) is 38.5 Å². The molecule has 0 fully saturated rings. The number of hydrogen-bond acceptors (Lipinski definition) is 1. The highest BCUT2D eigenvalue weighted by Gasteiger charge is 2.24. The molecule has 0 aromatic heterocycles. The van der Waals surface area contributed by atoms with Gasteiger partial charge in [0, 0.05) is 0 Å². The average molecular weight is 287 g/mol. The van der Waals surface area contributed by atoms with Gasteiger partial charge < -0.3 is 9.59 Å². The fraction of sp³-hybridized carbons (Fsp3) is 1.00. The van der Waals surface area contributed by atoms with Crippen molar-refractivity contribution in [2.24, 2.45) is 0 Å². The number of unbranched alkanes of at least 4 members (excludes halogenated alkanes) is 8. The van der Waals surface area contributed by atoms with Gasteiger partial charge in [-0.2, -0.15) is 0 Å². The van der Waals surface area contributed by atoms with Crippen molar-refractivity contribution in [3.8, 4) is 0 Å². The highest BCUT2D eigenvalue weighted by molar-refractivity contribution is 4.49. The Balaban J connectivity index is 4.20. The van der Waals surface area contributed by atoms with E-state index >= 15 is 0 Å². The molecule has 0 aromatic carbocycles. The summed E-state index contributed by atoms with van der Waals surface area (Å²) in [5.41, 5.74) is 0. The highest BCUT2D eigenvalue weighted by Crippen LogP contribution is 2.16. The van der Waals surface area contributed by atoms with Crippen LogP contribution in [-0.2, 0) is 0 Å². The molecule has 0 atom stereocenters. The molecule has 0 unspecified atom stereocenters. The van der Waals surface area contributed by atoms with E-state index in [9.17, 15) is 5.11 Å². The maximum atomic E-state index is 9.96. The lowest BCUT2D eigenvalue weighted by Crippen LogP contribution is -2.50. The van der Waals surface area contributed by atoms with Gasteiger partial charge in [0.1, 0.15) is 0 Å². The summed E-state index contributed by atoms with van der Waals surface area (Å²) >= 11 is 0. The van der Waals surface area contributed by atoms with E-state index in [0.29, 0.717) is 6.73 Å². The van der Waals surface area contributed by atoms with Crippen LogP contribution in [0.15, 0.2) is 0 Å². The second-order valence-electron chi connectivity index (χ2n) is 6.48. The lowest BCUT2D eigenvalue weighted by molar-refractivity contribution is -0.945. The molecule has 0 aliphatic carbocycles.